The zero-order chi connectivity index (χ0) is 14.9. The Morgan fingerprint density at radius 2 is 2.05 bits per heavy atom. The minimum absolute atomic E-state index is 0.283. The summed E-state index contributed by atoms with van der Waals surface area (Å²) in [6.45, 7) is 4.35. The van der Waals surface area contributed by atoms with Crippen LogP contribution in [0.15, 0.2) is 6.07 Å². The van der Waals surface area contributed by atoms with Gasteiger partial charge in [-0.3, -0.25) is 0 Å². The number of aromatic nitrogens is 1. The SMILES string of the molecule is Cc1c(CNC2CCC3(CC2)OCCO3)cc(C#N)n1C. The molecule has 2 heterocycles. The molecule has 2 aliphatic rings. The molecule has 1 spiro atoms. The summed E-state index contributed by atoms with van der Waals surface area (Å²) in [5.41, 5.74) is 3.09. The van der Waals surface area contributed by atoms with Crippen molar-refractivity contribution in [3.05, 3.63) is 23.0 Å². The molecule has 5 heteroatoms. The zero-order valence-electron chi connectivity index (χ0n) is 12.8. The van der Waals surface area contributed by atoms with Crippen molar-refractivity contribution in [2.24, 2.45) is 7.05 Å². The Balaban J connectivity index is 1.54. The van der Waals surface area contributed by atoms with Crippen LogP contribution in [0.1, 0.15) is 42.6 Å². The normalized spacial score (nSPS) is 21.8. The van der Waals surface area contributed by atoms with E-state index in [4.69, 9.17) is 14.7 Å². The summed E-state index contributed by atoms with van der Waals surface area (Å²) < 4.78 is 13.5. The van der Waals surface area contributed by atoms with Gasteiger partial charge in [0.25, 0.3) is 0 Å². The number of nitrogens with one attached hydrogen (secondary N) is 1. The van der Waals surface area contributed by atoms with Crippen LogP contribution in [-0.4, -0.2) is 29.6 Å². The van der Waals surface area contributed by atoms with Crippen LogP contribution in [0, 0.1) is 18.3 Å². The van der Waals surface area contributed by atoms with Crippen molar-refractivity contribution in [3.63, 3.8) is 0 Å². The quantitative estimate of drug-likeness (QED) is 0.924. The van der Waals surface area contributed by atoms with Crippen LogP contribution in [0.4, 0.5) is 0 Å². The maximum atomic E-state index is 9.07. The lowest BCUT2D eigenvalue weighted by molar-refractivity contribution is -0.179. The van der Waals surface area contributed by atoms with Crippen LogP contribution in [-0.2, 0) is 23.1 Å². The summed E-state index contributed by atoms with van der Waals surface area (Å²) in [4.78, 5) is 0. The van der Waals surface area contributed by atoms with Crippen molar-refractivity contribution < 1.29 is 9.47 Å². The van der Waals surface area contributed by atoms with E-state index in [-0.39, 0.29) is 5.79 Å². The summed E-state index contributed by atoms with van der Waals surface area (Å²) in [5.74, 6) is -0.283. The summed E-state index contributed by atoms with van der Waals surface area (Å²) in [5, 5.41) is 12.7. The lowest BCUT2D eigenvalue weighted by Gasteiger charge is -2.35. The van der Waals surface area contributed by atoms with Gasteiger partial charge in [0.1, 0.15) is 11.8 Å². The highest BCUT2D eigenvalue weighted by Gasteiger charge is 2.40. The lowest BCUT2D eigenvalue weighted by atomic mass is 9.90. The van der Waals surface area contributed by atoms with Gasteiger partial charge < -0.3 is 19.4 Å². The number of hydrogen-bond acceptors (Lipinski definition) is 4. The smallest absolute Gasteiger partial charge is 0.168 e. The molecule has 1 saturated carbocycles. The third-order valence-electron chi connectivity index (χ3n) is 4.90. The van der Waals surface area contributed by atoms with Crippen molar-refractivity contribution in [3.8, 4) is 6.07 Å². The topological polar surface area (TPSA) is 59.2 Å². The number of rotatable bonds is 3. The van der Waals surface area contributed by atoms with E-state index in [0.717, 1.165) is 56.8 Å². The van der Waals surface area contributed by atoms with Crippen molar-refractivity contribution in [2.45, 2.75) is 51.0 Å². The maximum absolute atomic E-state index is 9.07. The molecule has 1 aromatic heterocycles. The highest BCUT2D eigenvalue weighted by Crippen LogP contribution is 2.35. The number of nitriles is 1. The molecule has 5 nitrogen and oxygen atoms in total. The van der Waals surface area contributed by atoms with Crippen LogP contribution in [0.5, 0.6) is 0 Å². The Hall–Kier alpha value is -1.35. The molecule has 1 aliphatic heterocycles. The molecular weight excluding hydrogens is 266 g/mol. The summed E-state index contributed by atoms with van der Waals surface area (Å²) in [7, 11) is 1.94. The molecule has 0 bridgehead atoms. The van der Waals surface area contributed by atoms with Gasteiger partial charge in [0.05, 0.1) is 13.2 Å². The van der Waals surface area contributed by atoms with Gasteiger partial charge in [0.2, 0.25) is 0 Å². The lowest BCUT2D eigenvalue weighted by Crippen LogP contribution is -2.41. The van der Waals surface area contributed by atoms with Crippen molar-refractivity contribution in [2.75, 3.05) is 13.2 Å². The fourth-order valence-electron chi connectivity index (χ4n) is 3.35. The summed E-state index contributed by atoms with van der Waals surface area (Å²) in [6, 6.07) is 4.72. The van der Waals surface area contributed by atoms with Gasteiger partial charge in [0.15, 0.2) is 5.79 Å². The Labute approximate surface area is 125 Å². The minimum Gasteiger partial charge on any atom is -0.348 e. The van der Waals surface area contributed by atoms with E-state index in [0.29, 0.717) is 6.04 Å². The van der Waals surface area contributed by atoms with Gasteiger partial charge in [-0.1, -0.05) is 0 Å². The molecule has 21 heavy (non-hydrogen) atoms. The Morgan fingerprint density at radius 3 is 2.62 bits per heavy atom. The van der Waals surface area contributed by atoms with Gasteiger partial charge in [-0.05, 0) is 31.4 Å². The van der Waals surface area contributed by atoms with Crippen molar-refractivity contribution in [1.82, 2.24) is 9.88 Å². The fourth-order valence-corrected chi connectivity index (χ4v) is 3.35. The molecule has 0 aromatic carbocycles. The average molecular weight is 289 g/mol. The monoisotopic (exact) mass is 289 g/mol. The van der Waals surface area contributed by atoms with E-state index in [2.05, 4.69) is 18.3 Å². The van der Waals surface area contributed by atoms with E-state index in [9.17, 15) is 0 Å². The average Bonchev–Trinajstić information content (AvgIpc) is 3.06. The second-order valence-electron chi connectivity index (χ2n) is 6.07. The fraction of sp³-hybridized carbons (Fsp3) is 0.688. The molecule has 0 atom stereocenters. The first-order valence-corrected chi connectivity index (χ1v) is 7.70. The molecule has 0 unspecified atom stereocenters. The van der Waals surface area contributed by atoms with E-state index >= 15 is 0 Å². The second-order valence-corrected chi connectivity index (χ2v) is 6.07. The predicted molar refractivity (Wildman–Crippen MR) is 78.6 cm³/mol. The molecule has 1 saturated heterocycles. The predicted octanol–water partition coefficient (Wildman–Crippen LogP) is 1.98. The van der Waals surface area contributed by atoms with Gasteiger partial charge in [-0.15, -0.1) is 0 Å². The first-order valence-electron chi connectivity index (χ1n) is 7.70. The number of ether oxygens (including phenoxy) is 2. The number of nitrogens with zero attached hydrogens (tertiary/aromatic N) is 2. The third-order valence-corrected chi connectivity index (χ3v) is 4.90. The Bertz CT molecular complexity index is 543. The summed E-state index contributed by atoms with van der Waals surface area (Å²) in [6.07, 6.45) is 4.11. The van der Waals surface area contributed by atoms with Crippen LogP contribution >= 0.6 is 0 Å². The Kier molecular flexibility index (Phi) is 4.03. The molecule has 0 radical (unpaired) electrons. The second kappa shape index (κ2) is 5.80. The highest BCUT2D eigenvalue weighted by molar-refractivity contribution is 5.34. The first-order chi connectivity index (χ1) is 10.1. The Morgan fingerprint density at radius 1 is 1.38 bits per heavy atom. The van der Waals surface area contributed by atoms with Gasteiger partial charge >= 0.3 is 0 Å². The minimum atomic E-state index is -0.283. The molecule has 3 rings (SSSR count). The largest absolute Gasteiger partial charge is 0.348 e. The van der Waals surface area contributed by atoms with Crippen molar-refractivity contribution in [1.29, 1.82) is 5.26 Å². The molecule has 1 aliphatic carbocycles. The molecule has 114 valence electrons. The van der Waals surface area contributed by atoms with Crippen molar-refractivity contribution >= 4 is 0 Å². The third kappa shape index (κ3) is 2.84. The van der Waals surface area contributed by atoms with Crippen LogP contribution < -0.4 is 5.32 Å². The molecule has 1 N–H and O–H groups in total. The highest BCUT2D eigenvalue weighted by atomic mass is 16.7. The number of hydrogen-bond donors (Lipinski definition) is 1. The molecule has 2 fully saturated rings. The van der Waals surface area contributed by atoms with E-state index < -0.39 is 0 Å². The van der Waals surface area contributed by atoms with Gasteiger partial charge in [-0.2, -0.15) is 5.26 Å². The standard InChI is InChI=1S/C16H23N3O2/c1-12-13(9-15(10-17)19(12)2)11-18-14-3-5-16(6-4-14)20-7-8-21-16/h9,14,18H,3-8,11H2,1-2H3. The summed E-state index contributed by atoms with van der Waals surface area (Å²) >= 11 is 0. The molecule has 1 aromatic rings. The van der Waals surface area contributed by atoms with Gasteiger partial charge in [-0.25, -0.2) is 0 Å². The van der Waals surface area contributed by atoms with Crippen LogP contribution in [0.3, 0.4) is 0 Å². The molecular formula is C16H23N3O2. The van der Waals surface area contributed by atoms with Crippen LogP contribution in [0.25, 0.3) is 0 Å². The van der Waals surface area contributed by atoms with E-state index in [1.54, 1.807) is 0 Å². The van der Waals surface area contributed by atoms with E-state index in [1.165, 1.54) is 5.56 Å². The van der Waals surface area contributed by atoms with Crippen LogP contribution in [0.2, 0.25) is 0 Å². The van der Waals surface area contributed by atoms with Gasteiger partial charge in [0, 0.05) is 38.2 Å². The molecule has 0 amide bonds. The first kappa shape index (κ1) is 14.6. The zero-order valence-corrected chi connectivity index (χ0v) is 12.8. The maximum Gasteiger partial charge on any atom is 0.168 e. The van der Waals surface area contributed by atoms with E-state index in [1.807, 2.05) is 17.7 Å².